The molecule has 0 bridgehead atoms. The Morgan fingerprint density at radius 3 is 2.65 bits per heavy atom. The monoisotopic (exact) mass is 374 g/mol. The molecule has 0 aromatic heterocycles. The molecule has 1 saturated heterocycles. The Kier molecular flexibility index (Phi) is 4.69. The number of carbonyl (C=O) groups is 1. The Bertz CT molecular complexity index is 1050. The second-order valence-electron chi connectivity index (χ2n) is 5.89. The van der Waals surface area contributed by atoms with Crippen molar-refractivity contribution in [2.45, 2.75) is 25.4 Å². The van der Waals surface area contributed by atoms with Gasteiger partial charge in [-0.15, -0.1) is 0 Å². The van der Waals surface area contributed by atoms with E-state index in [9.17, 15) is 4.79 Å². The molecule has 0 saturated carbocycles. The van der Waals surface area contributed by atoms with E-state index in [2.05, 4.69) is 22.3 Å². The fourth-order valence-electron chi connectivity index (χ4n) is 3.48. The van der Waals surface area contributed by atoms with Crippen molar-refractivity contribution in [3.05, 3.63) is 52.6 Å². The van der Waals surface area contributed by atoms with Crippen molar-refractivity contribution in [3.8, 4) is 0 Å². The van der Waals surface area contributed by atoms with Gasteiger partial charge in [0.1, 0.15) is 0 Å². The van der Waals surface area contributed by atoms with Gasteiger partial charge in [0, 0.05) is 18.5 Å². The third kappa shape index (κ3) is 3.55. The molecule has 1 N–H and O–H groups in total. The SMILES string of the molecule is N#[N+]/N=C1\c2ccc3ccccc3c2CN2C(=O)CCC12.O=S(=O)([O-])O. The number of rotatable bonds is 0. The predicted octanol–water partition coefficient (Wildman–Crippen LogP) is 1.91. The summed E-state index contributed by atoms with van der Waals surface area (Å²) in [6.07, 6.45) is 1.26. The molecule has 1 fully saturated rings. The van der Waals surface area contributed by atoms with Crippen LogP contribution in [0.3, 0.4) is 0 Å². The second kappa shape index (κ2) is 6.80. The summed E-state index contributed by atoms with van der Waals surface area (Å²) in [5.41, 5.74) is 2.76. The molecule has 2 aromatic rings. The maximum Gasteiger partial charge on any atom is 0.339 e. The number of diazo groups is 1. The molecule has 26 heavy (non-hydrogen) atoms. The number of benzene rings is 2. The van der Waals surface area contributed by atoms with Crippen LogP contribution in [-0.2, 0) is 21.7 Å². The summed E-state index contributed by atoms with van der Waals surface area (Å²) in [6, 6.07) is 12.1. The Morgan fingerprint density at radius 2 is 1.96 bits per heavy atom. The molecule has 2 aliphatic heterocycles. The van der Waals surface area contributed by atoms with E-state index in [1.165, 1.54) is 0 Å². The third-order valence-electron chi connectivity index (χ3n) is 4.44. The van der Waals surface area contributed by atoms with Crippen LogP contribution in [0.25, 0.3) is 15.9 Å². The van der Waals surface area contributed by atoms with Crippen molar-refractivity contribution in [2.24, 2.45) is 5.10 Å². The Morgan fingerprint density at radius 1 is 1.27 bits per heavy atom. The molecule has 1 amide bonds. The highest BCUT2D eigenvalue weighted by atomic mass is 32.3. The average Bonchev–Trinajstić information content (AvgIpc) is 2.94. The number of fused-ring (bicyclic) bond motifs is 4. The highest BCUT2D eigenvalue weighted by Gasteiger charge is 2.41. The van der Waals surface area contributed by atoms with Gasteiger partial charge in [0.05, 0.1) is 6.04 Å². The molecule has 1 unspecified atom stereocenters. The summed E-state index contributed by atoms with van der Waals surface area (Å²) in [6.45, 7) is 0.602. The van der Waals surface area contributed by atoms with Crippen molar-refractivity contribution in [1.29, 1.82) is 5.39 Å². The van der Waals surface area contributed by atoms with Gasteiger partial charge in [-0.05, 0) is 22.8 Å². The Labute approximate surface area is 149 Å². The van der Waals surface area contributed by atoms with Crippen molar-refractivity contribution in [2.75, 3.05) is 0 Å². The smallest absolute Gasteiger partial charge is 0.339 e. The standard InChI is InChI=1S/C16H13N4O.H2O4S/c17-19-18-16-12-6-5-10-3-1-2-4-11(10)13(12)9-20-14(16)7-8-15(20)21;1-5(2,3)4/h1-6,14H,7-9H2;(H2,1,2,3,4)/q+1;/p-1/b18-16+;. The van der Waals surface area contributed by atoms with E-state index in [1.807, 2.05) is 29.2 Å². The van der Waals surface area contributed by atoms with Crippen molar-refractivity contribution < 1.29 is 22.3 Å². The topological polar surface area (TPSA) is 138 Å². The van der Waals surface area contributed by atoms with Gasteiger partial charge in [0.25, 0.3) is 5.39 Å². The molecule has 9 nitrogen and oxygen atoms in total. The summed E-state index contributed by atoms with van der Waals surface area (Å²) in [5, 5.41) is 18.0. The quantitative estimate of drug-likeness (QED) is 0.323. The zero-order valence-electron chi connectivity index (χ0n) is 13.4. The average molecular weight is 374 g/mol. The van der Waals surface area contributed by atoms with Crippen LogP contribution in [0.2, 0.25) is 0 Å². The summed E-state index contributed by atoms with van der Waals surface area (Å²) < 4.78 is 32.8. The van der Waals surface area contributed by atoms with Crippen LogP contribution < -0.4 is 0 Å². The van der Waals surface area contributed by atoms with E-state index in [-0.39, 0.29) is 11.9 Å². The first kappa shape index (κ1) is 17.9. The first-order valence-electron chi connectivity index (χ1n) is 7.70. The van der Waals surface area contributed by atoms with Gasteiger partial charge in [-0.25, -0.2) is 8.42 Å². The first-order chi connectivity index (χ1) is 12.3. The Balaban J connectivity index is 0.000000349. The normalized spacial score (nSPS) is 20.2. The van der Waals surface area contributed by atoms with Crippen LogP contribution in [0.1, 0.15) is 24.0 Å². The number of hydrogen-bond donors (Lipinski definition) is 1. The Hall–Kier alpha value is -2.87. The number of nitrogens with zero attached hydrogens (tertiary/aromatic N) is 4. The molecule has 2 heterocycles. The highest BCUT2D eigenvalue weighted by Crippen LogP contribution is 2.35. The molecule has 10 heteroatoms. The van der Waals surface area contributed by atoms with Crippen molar-refractivity contribution in [3.63, 3.8) is 0 Å². The van der Waals surface area contributed by atoms with E-state index in [4.69, 9.17) is 22.9 Å². The van der Waals surface area contributed by atoms with Crippen LogP contribution in [0.5, 0.6) is 0 Å². The second-order valence-corrected chi connectivity index (χ2v) is 6.75. The zero-order valence-corrected chi connectivity index (χ0v) is 14.3. The molecular formula is C16H14N4O5S. The molecule has 0 radical (unpaired) electrons. The molecule has 0 aliphatic carbocycles. The maximum atomic E-state index is 12.1. The minimum Gasteiger partial charge on any atom is -0.726 e. The summed E-state index contributed by atoms with van der Waals surface area (Å²) in [7, 11) is -4.92. The summed E-state index contributed by atoms with van der Waals surface area (Å²) in [5.74, 6) is 0.143. The van der Waals surface area contributed by atoms with Crippen LogP contribution >= 0.6 is 0 Å². The first-order valence-corrected chi connectivity index (χ1v) is 9.07. The lowest BCUT2D eigenvalue weighted by Crippen LogP contribution is -2.43. The largest absolute Gasteiger partial charge is 0.726 e. The predicted molar refractivity (Wildman–Crippen MR) is 91.5 cm³/mol. The van der Waals surface area contributed by atoms with Crippen LogP contribution in [0.4, 0.5) is 0 Å². The zero-order chi connectivity index (χ0) is 18.9. The fourth-order valence-corrected chi connectivity index (χ4v) is 3.48. The summed E-state index contributed by atoms with van der Waals surface area (Å²) >= 11 is 0. The minimum absolute atomic E-state index is 0.0675. The molecule has 2 aromatic carbocycles. The van der Waals surface area contributed by atoms with E-state index in [0.29, 0.717) is 18.7 Å². The van der Waals surface area contributed by atoms with E-state index in [0.717, 1.165) is 28.3 Å². The molecule has 1 atom stereocenters. The highest BCUT2D eigenvalue weighted by molar-refractivity contribution is 7.79. The molecular weight excluding hydrogens is 360 g/mol. The van der Waals surface area contributed by atoms with Gasteiger partial charge in [-0.1, -0.05) is 36.4 Å². The van der Waals surface area contributed by atoms with E-state index < -0.39 is 10.4 Å². The van der Waals surface area contributed by atoms with Crippen LogP contribution in [0.15, 0.2) is 41.5 Å². The number of hydrogen-bond acceptors (Lipinski definition) is 6. The van der Waals surface area contributed by atoms with Crippen molar-refractivity contribution >= 4 is 32.8 Å². The molecule has 0 spiro atoms. The van der Waals surface area contributed by atoms with Gasteiger partial charge >= 0.3 is 5.08 Å². The number of amides is 1. The van der Waals surface area contributed by atoms with Crippen LogP contribution in [-0.4, -0.2) is 40.1 Å². The number of carbonyl (C=O) groups excluding carboxylic acids is 1. The van der Waals surface area contributed by atoms with E-state index in [1.54, 1.807) is 0 Å². The van der Waals surface area contributed by atoms with Crippen molar-refractivity contribution in [1.82, 2.24) is 4.90 Å². The van der Waals surface area contributed by atoms with Crippen LogP contribution in [0, 0.1) is 5.39 Å². The molecule has 2 aliphatic rings. The van der Waals surface area contributed by atoms with E-state index >= 15 is 0 Å². The molecule has 4 rings (SSSR count). The van der Waals surface area contributed by atoms with Gasteiger partial charge in [-0.2, -0.15) is 0 Å². The fraction of sp³-hybridized carbons (Fsp3) is 0.250. The minimum atomic E-state index is -4.92. The van der Waals surface area contributed by atoms with Gasteiger partial charge in [-0.3, -0.25) is 9.35 Å². The maximum absolute atomic E-state index is 12.1. The lowest BCUT2D eigenvalue weighted by Gasteiger charge is -2.31. The molecule has 134 valence electrons. The lowest BCUT2D eigenvalue weighted by atomic mass is 9.89. The summed E-state index contributed by atoms with van der Waals surface area (Å²) in [4.78, 5) is 13.9. The van der Waals surface area contributed by atoms with Gasteiger partial charge < -0.3 is 9.45 Å². The third-order valence-corrected chi connectivity index (χ3v) is 4.44. The van der Waals surface area contributed by atoms with Gasteiger partial charge in [0.15, 0.2) is 10.8 Å². The van der Waals surface area contributed by atoms with Gasteiger partial charge in [0.2, 0.25) is 16.3 Å². The lowest BCUT2D eigenvalue weighted by molar-refractivity contribution is -0.128.